The van der Waals surface area contributed by atoms with Crippen molar-refractivity contribution in [2.24, 2.45) is 0 Å². The SMILES string of the molecule is CCN(c1nc(OCC23CCCN2CC(F)C3)nc2c(C(F)(F)F)c(-c3ccc(F)c4sc(N)c(C#N)c34)c(C(F)(F)F)cc12)C1CCN(C(=O)CC(F)F)C1. The van der Waals surface area contributed by atoms with Gasteiger partial charge in [0.15, 0.2) is 0 Å². The van der Waals surface area contributed by atoms with Crippen molar-refractivity contribution in [1.82, 2.24) is 19.8 Å². The predicted molar refractivity (Wildman–Crippen MR) is 187 cm³/mol. The van der Waals surface area contributed by atoms with Crippen LogP contribution >= 0.6 is 11.3 Å². The van der Waals surface area contributed by atoms with Crippen LogP contribution in [0.15, 0.2) is 18.2 Å². The predicted octanol–water partition coefficient (Wildman–Crippen LogP) is 8.18. The summed E-state index contributed by atoms with van der Waals surface area (Å²) in [5.74, 6) is -2.32. The van der Waals surface area contributed by atoms with Crippen molar-refractivity contribution in [3.8, 4) is 23.2 Å². The smallest absolute Gasteiger partial charge is 0.419 e. The van der Waals surface area contributed by atoms with E-state index in [4.69, 9.17) is 10.5 Å². The summed E-state index contributed by atoms with van der Waals surface area (Å²) in [6.45, 7) is 1.69. The zero-order chi connectivity index (χ0) is 40.5. The summed E-state index contributed by atoms with van der Waals surface area (Å²) in [5, 5.41) is 8.30. The van der Waals surface area contributed by atoms with Crippen LogP contribution in [0.2, 0.25) is 0 Å². The molecule has 3 aliphatic rings. The summed E-state index contributed by atoms with van der Waals surface area (Å²) < 4.78 is 154. The van der Waals surface area contributed by atoms with Crippen molar-refractivity contribution >= 4 is 49.1 Å². The first-order valence-corrected chi connectivity index (χ1v) is 18.5. The molecule has 2 aromatic carbocycles. The number of hydrogen-bond acceptors (Lipinski definition) is 9. The van der Waals surface area contributed by atoms with Gasteiger partial charge in [-0.15, -0.1) is 11.3 Å². The topological polar surface area (TPSA) is 112 Å². The van der Waals surface area contributed by atoms with E-state index in [1.54, 1.807) is 13.0 Å². The summed E-state index contributed by atoms with van der Waals surface area (Å²) in [6, 6.07) is 2.09. The molecule has 3 atom stereocenters. The molecule has 20 heteroatoms. The Morgan fingerprint density at radius 1 is 1.16 bits per heavy atom. The number of halogens is 10. The third kappa shape index (κ3) is 6.90. The Morgan fingerprint density at radius 3 is 2.57 bits per heavy atom. The molecule has 1 amide bonds. The maximum atomic E-state index is 15.6. The maximum absolute atomic E-state index is 15.6. The van der Waals surface area contributed by atoms with Gasteiger partial charge in [0, 0.05) is 55.0 Å². The number of anilines is 2. The van der Waals surface area contributed by atoms with Crippen LogP contribution in [0, 0.1) is 17.1 Å². The normalized spacial score (nSPS) is 21.7. The molecule has 9 nitrogen and oxygen atoms in total. The fourth-order valence-corrected chi connectivity index (χ4v) is 9.46. The van der Waals surface area contributed by atoms with Crippen LogP contribution in [-0.4, -0.2) is 89.2 Å². The number of likely N-dealkylation sites (N-methyl/N-ethyl adjacent to an activating group) is 1. The van der Waals surface area contributed by atoms with Gasteiger partial charge in [-0.05, 0) is 50.4 Å². The van der Waals surface area contributed by atoms with Gasteiger partial charge in [0.25, 0.3) is 0 Å². The van der Waals surface area contributed by atoms with E-state index in [0.29, 0.717) is 42.9 Å². The van der Waals surface area contributed by atoms with Crippen LogP contribution < -0.4 is 15.4 Å². The van der Waals surface area contributed by atoms with Crippen LogP contribution in [0.4, 0.5) is 54.7 Å². The molecule has 0 bridgehead atoms. The van der Waals surface area contributed by atoms with Crippen LogP contribution in [0.1, 0.15) is 55.7 Å². The lowest BCUT2D eigenvalue weighted by molar-refractivity contribution is -0.141. The highest BCUT2D eigenvalue weighted by Gasteiger charge is 2.50. The number of carbonyl (C=O) groups excluding carboxylic acids is 1. The number of hydrogen-bond donors (Lipinski definition) is 1. The van der Waals surface area contributed by atoms with Gasteiger partial charge in [0.1, 0.15) is 35.5 Å². The van der Waals surface area contributed by atoms with Crippen molar-refractivity contribution in [2.45, 2.75) is 75.6 Å². The lowest BCUT2D eigenvalue weighted by atomic mass is 9.88. The molecule has 0 radical (unpaired) electrons. The second-order valence-electron chi connectivity index (χ2n) is 14.2. The molecule has 3 fully saturated rings. The molecule has 3 unspecified atom stereocenters. The van der Waals surface area contributed by atoms with Gasteiger partial charge in [-0.2, -0.15) is 41.6 Å². The first kappa shape index (κ1) is 39.6. The van der Waals surface area contributed by atoms with Crippen LogP contribution in [0.3, 0.4) is 0 Å². The molecule has 4 aromatic rings. The molecule has 7 rings (SSSR count). The third-order valence-corrected chi connectivity index (χ3v) is 11.9. The number of nitriles is 1. The first-order valence-electron chi connectivity index (χ1n) is 17.7. The van der Waals surface area contributed by atoms with Crippen molar-refractivity contribution in [1.29, 1.82) is 5.26 Å². The summed E-state index contributed by atoms with van der Waals surface area (Å²) in [6.07, 6.45) is -14.9. The Balaban J connectivity index is 1.50. The van der Waals surface area contributed by atoms with E-state index in [9.17, 15) is 23.2 Å². The summed E-state index contributed by atoms with van der Waals surface area (Å²) in [5.41, 5.74) is -2.34. The zero-order valence-corrected chi connectivity index (χ0v) is 30.3. The zero-order valence-electron chi connectivity index (χ0n) is 29.5. The number of rotatable bonds is 9. The number of thiophene rings is 1. The van der Waals surface area contributed by atoms with Crippen molar-refractivity contribution in [3.63, 3.8) is 0 Å². The number of carbonyl (C=O) groups is 1. The number of aromatic nitrogens is 2. The average Bonchev–Trinajstić information content (AvgIpc) is 3.88. The number of nitrogens with two attached hydrogens (primary N) is 1. The van der Waals surface area contributed by atoms with Gasteiger partial charge >= 0.3 is 18.4 Å². The number of fused-ring (bicyclic) bond motifs is 3. The van der Waals surface area contributed by atoms with Gasteiger partial charge < -0.3 is 20.3 Å². The van der Waals surface area contributed by atoms with Crippen LogP contribution in [0.25, 0.3) is 32.1 Å². The highest BCUT2D eigenvalue weighted by atomic mass is 32.1. The van der Waals surface area contributed by atoms with E-state index in [-0.39, 0.29) is 50.6 Å². The standard InChI is InChI=1S/C36H33F10N7O2S/c1-2-53(18-6-9-51(15-18)25(54)11-24(39)40)32-20-10-22(35(41,42)43)27(19-4-5-23(38)30-26(19)21(13-47)31(48)56-30)28(36(44,45)46)29(20)49-33(50-32)55-16-34-7-3-8-52(34)14-17(37)12-34/h4-5,10,17-18,24H,2-3,6-9,11-12,14-16,48H2,1H3. The van der Waals surface area contributed by atoms with E-state index in [2.05, 4.69) is 9.97 Å². The molecular formula is C36H33F10N7O2S. The molecule has 2 N–H and O–H groups in total. The second kappa shape index (κ2) is 14.4. The molecule has 56 heavy (non-hydrogen) atoms. The Bertz CT molecular complexity index is 2240. The maximum Gasteiger partial charge on any atom is 0.419 e. The number of alkyl halides is 9. The van der Waals surface area contributed by atoms with Crippen LogP contribution in [-0.2, 0) is 17.1 Å². The summed E-state index contributed by atoms with van der Waals surface area (Å²) >= 11 is 0.491. The van der Waals surface area contributed by atoms with E-state index in [0.717, 1.165) is 11.0 Å². The lowest BCUT2D eigenvalue weighted by Gasteiger charge is -2.32. The van der Waals surface area contributed by atoms with Crippen molar-refractivity contribution < 1.29 is 53.4 Å². The number of nitrogens with zero attached hydrogens (tertiary/aromatic N) is 6. The monoisotopic (exact) mass is 817 g/mol. The largest absolute Gasteiger partial charge is 0.461 e. The van der Waals surface area contributed by atoms with Crippen LogP contribution in [0.5, 0.6) is 6.01 Å². The molecule has 0 spiro atoms. The minimum Gasteiger partial charge on any atom is -0.461 e. The highest BCUT2D eigenvalue weighted by Crippen LogP contribution is 2.52. The number of benzene rings is 2. The van der Waals surface area contributed by atoms with Gasteiger partial charge in [0.2, 0.25) is 12.3 Å². The Labute approximate surface area is 316 Å². The number of ether oxygens (including phenoxy) is 1. The molecule has 2 aromatic heterocycles. The molecule has 0 aliphatic carbocycles. The highest BCUT2D eigenvalue weighted by molar-refractivity contribution is 7.23. The molecule has 3 saturated heterocycles. The Kier molecular flexibility index (Phi) is 10.2. The third-order valence-electron chi connectivity index (χ3n) is 10.9. The average molecular weight is 818 g/mol. The summed E-state index contributed by atoms with van der Waals surface area (Å²) in [4.78, 5) is 25.4. The number of likely N-dealkylation sites (tertiary alicyclic amines) is 1. The Hall–Kier alpha value is -4.64. The minimum absolute atomic E-state index is 0.0147. The molecule has 3 aliphatic heterocycles. The van der Waals surface area contributed by atoms with E-state index in [1.165, 1.54) is 4.90 Å². The van der Waals surface area contributed by atoms with E-state index >= 15 is 30.7 Å². The van der Waals surface area contributed by atoms with Gasteiger partial charge in [-0.3, -0.25) is 9.69 Å². The van der Waals surface area contributed by atoms with E-state index < -0.39 is 115 Å². The molecule has 5 heterocycles. The first-order chi connectivity index (χ1) is 26.4. The fraction of sp³-hybridized carbons (Fsp3) is 0.500. The van der Waals surface area contributed by atoms with E-state index in [1.807, 2.05) is 4.90 Å². The molecule has 300 valence electrons. The van der Waals surface area contributed by atoms with Crippen molar-refractivity contribution in [2.75, 3.05) is 50.0 Å². The fourth-order valence-electron chi connectivity index (χ4n) is 8.51. The lowest BCUT2D eigenvalue weighted by Crippen LogP contribution is -2.43. The minimum atomic E-state index is -5.58. The molecular weight excluding hydrogens is 784 g/mol. The summed E-state index contributed by atoms with van der Waals surface area (Å²) in [7, 11) is 0. The van der Waals surface area contributed by atoms with Crippen molar-refractivity contribution in [3.05, 3.63) is 40.7 Å². The van der Waals surface area contributed by atoms with Gasteiger partial charge in [0.05, 0.1) is 38.9 Å². The number of nitrogen functional groups attached to an aromatic ring is 1. The quantitative estimate of drug-likeness (QED) is 0.169. The Morgan fingerprint density at radius 2 is 1.91 bits per heavy atom. The van der Waals surface area contributed by atoms with Gasteiger partial charge in [-0.25, -0.2) is 17.6 Å². The number of amides is 1. The van der Waals surface area contributed by atoms with Gasteiger partial charge in [-0.1, -0.05) is 6.07 Å². The second-order valence-corrected chi connectivity index (χ2v) is 15.2. The molecule has 0 saturated carbocycles.